The molecular formula is C28H21ClFNO4. The first-order valence-corrected chi connectivity index (χ1v) is 11.3. The van der Waals surface area contributed by atoms with Crippen molar-refractivity contribution < 1.29 is 23.8 Å². The zero-order valence-corrected chi connectivity index (χ0v) is 19.3. The maximum Gasteiger partial charge on any atom is 0.337 e. The summed E-state index contributed by atoms with van der Waals surface area (Å²) in [4.78, 5) is 26.7. The summed E-state index contributed by atoms with van der Waals surface area (Å²) in [6, 6.07) is 22.7. The first-order valence-electron chi connectivity index (χ1n) is 10.9. The highest BCUT2D eigenvalue weighted by atomic mass is 35.5. The van der Waals surface area contributed by atoms with Gasteiger partial charge in [-0.15, -0.1) is 0 Å². The van der Waals surface area contributed by atoms with E-state index in [9.17, 15) is 24.3 Å². The number of hydrogen-bond donors (Lipinski definition) is 1. The Morgan fingerprint density at radius 1 is 1.06 bits per heavy atom. The van der Waals surface area contributed by atoms with E-state index in [1.807, 2.05) is 6.07 Å². The van der Waals surface area contributed by atoms with Crippen LogP contribution in [-0.4, -0.2) is 16.9 Å². The Morgan fingerprint density at radius 3 is 2.34 bits per heavy atom. The molecule has 0 fully saturated rings. The van der Waals surface area contributed by atoms with Crippen LogP contribution >= 0.6 is 11.6 Å². The van der Waals surface area contributed by atoms with Crippen molar-refractivity contribution in [1.29, 1.82) is 5.26 Å². The molecule has 1 aliphatic rings. The van der Waals surface area contributed by atoms with E-state index in [0.29, 0.717) is 10.6 Å². The van der Waals surface area contributed by atoms with Gasteiger partial charge in [0.15, 0.2) is 5.78 Å². The second-order valence-corrected chi connectivity index (χ2v) is 8.83. The Labute approximate surface area is 207 Å². The van der Waals surface area contributed by atoms with E-state index >= 15 is 0 Å². The summed E-state index contributed by atoms with van der Waals surface area (Å²) in [6.45, 7) is -0.0253. The lowest BCUT2D eigenvalue weighted by atomic mass is 9.61. The van der Waals surface area contributed by atoms with Crippen LogP contribution in [0, 0.1) is 22.6 Å². The van der Waals surface area contributed by atoms with Gasteiger partial charge in [0, 0.05) is 29.3 Å². The Bertz CT molecular complexity index is 1310. The van der Waals surface area contributed by atoms with Gasteiger partial charge in [0.25, 0.3) is 0 Å². The normalized spacial score (nSPS) is 19.6. The van der Waals surface area contributed by atoms with Gasteiger partial charge < -0.3 is 9.84 Å². The minimum Gasteiger partial charge on any atom is -0.512 e. The minimum atomic E-state index is -1.74. The van der Waals surface area contributed by atoms with E-state index in [0.717, 1.165) is 5.56 Å². The summed E-state index contributed by atoms with van der Waals surface area (Å²) in [5.41, 5.74) is -0.369. The average Bonchev–Trinajstić information content (AvgIpc) is 2.88. The molecule has 3 aromatic rings. The van der Waals surface area contributed by atoms with E-state index in [1.54, 1.807) is 24.3 Å². The lowest BCUT2D eigenvalue weighted by Crippen LogP contribution is -2.41. The molecule has 5 nitrogen and oxygen atoms in total. The zero-order chi connectivity index (χ0) is 25.0. The van der Waals surface area contributed by atoms with Crippen molar-refractivity contribution in [2.75, 3.05) is 0 Å². The number of nitriles is 1. The summed E-state index contributed by atoms with van der Waals surface area (Å²) in [7, 11) is 0. The van der Waals surface area contributed by atoms with Gasteiger partial charge in [-0.25, -0.2) is 9.18 Å². The fraction of sp³-hybridized carbons (Fsp3) is 0.179. The number of ether oxygens (including phenoxy) is 1. The molecule has 0 saturated carbocycles. The monoisotopic (exact) mass is 489 g/mol. The second-order valence-electron chi connectivity index (χ2n) is 8.39. The minimum absolute atomic E-state index is 0.0253. The van der Waals surface area contributed by atoms with Crippen LogP contribution in [0.2, 0.25) is 5.02 Å². The van der Waals surface area contributed by atoms with Gasteiger partial charge >= 0.3 is 5.97 Å². The molecule has 35 heavy (non-hydrogen) atoms. The molecule has 1 aliphatic carbocycles. The topological polar surface area (TPSA) is 87.4 Å². The number of aliphatic hydroxyl groups is 1. The maximum absolute atomic E-state index is 13.8. The molecule has 7 heteroatoms. The standard InChI is InChI=1S/C28H21ClFNO4/c29-21-10-6-20(7-11-21)26(33)28(17-31)15-23(27(34)35-16-18-4-2-1-3-5-18)25(32)14-24(28)19-8-12-22(30)13-9-19/h1-13,24,32H,14-16H2/t24-,28-/m0/s1. The van der Waals surface area contributed by atoms with Crippen LogP contribution in [0.15, 0.2) is 90.2 Å². The van der Waals surface area contributed by atoms with Crippen LogP contribution in [0.25, 0.3) is 0 Å². The second kappa shape index (κ2) is 10.1. The summed E-state index contributed by atoms with van der Waals surface area (Å²) in [5.74, 6) is -2.87. The Kier molecular flexibility index (Phi) is 6.99. The van der Waals surface area contributed by atoms with Crippen LogP contribution in [-0.2, 0) is 16.1 Å². The summed E-state index contributed by atoms with van der Waals surface area (Å²) in [6.07, 6.45) is -0.513. The molecule has 0 bridgehead atoms. The fourth-order valence-electron chi connectivity index (χ4n) is 4.36. The number of esters is 1. The molecule has 4 rings (SSSR count). The van der Waals surface area contributed by atoms with Crippen molar-refractivity contribution in [2.24, 2.45) is 5.41 Å². The predicted molar refractivity (Wildman–Crippen MR) is 128 cm³/mol. The van der Waals surface area contributed by atoms with Gasteiger partial charge in [-0.2, -0.15) is 5.26 Å². The Morgan fingerprint density at radius 2 is 1.71 bits per heavy atom. The number of Topliss-reactive ketones (excluding diaryl/α,β-unsaturated/α-hetero) is 1. The number of hydrogen-bond acceptors (Lipinski definition) is 5. The molecule has 0 radical (unpaired) electrons. The van der Waals surface area contributed by atoms with Crippen molar-refractivity contribution in [3.63, 3.8) is 0 Å². The molecular weight excluding hydrogens is 469 g/mol. The van der Waals surface area contributed by atoms with Crippen molar-refractivity contribution >= 4 is 23.4 Å². The molecule has 0 aliphatic heterocycles. The van der Waals surface area contributed by atoms with Crippen LogP contribution in [0.4, 0.5) is 4.39 Å². The summed E-state index contributed by atoms with van der Waals surface area (Å²) in [5, 5.41) is 21.6. The van der Waals surface area contributed by atoms with Gasteiger partial charge in [0.05, 0.1) is 11.6 Å². The first-order chi connectivity index (χ1) is 16.8. The zero-order valence-electron chi connectivity index (χ0n) is 18.6. The molecule has 0 heterocycles. The van der Waals surface area contributed by atoms with Crippen molar-refractivity contribution in [3.05, 3.63) is 118 Å². The van der Waals surface area contributed by atoms with E-state index < -0.39 is 28.9 Å². The lowest BCUT2D eigenvalue weighted by Gasteiger charge is -2.38. The summed E-state index contributed by atoms with van der Waals surface area (Å²) < 4.78 is 19.0. The number of rotatable bonds is 6. The highest BCUT2D eigenvalue weighted by molar-refractivity contribution is 6.30. The Balaban J connectivity index is 1.73. The van der Waals surface area contributed by atoms with Crippen molar-refractivity contribution in [3.8, 4) is 6.07 Å². The molecule has 1 N–H and O–H groups in total. The largest absolute Gasteiger partial charge is 0.512 e. The highest BCUT2D eigenvalue weighted by Crippen LogP contribution is 2.50. The molecule has 0 saturated heterocycles. The third-order valence-corrected chi connectivity index (χ3v) is 6.49. The number of carbonyl (C=O) groups excluding carboxylic acids is 2. The van der Waals surface area contributed by atoms with Crippen LogP contribution in [0.3, 0.4) is 0 Å². The molecule has 176 valence electrons. The number of allylic oxidation sites excluding steroid dienone is 1. The average molecular weight is 490 g/mol. The van der Waals surface area contributed by atoms with Gasteiger partial charge in [0.1, 0.15) is 23.6 Å². The van der Waals surface area contributed by atoms with Gasteiger partial charge in [0.2, 0.25) is 0 Å². The first kappa shape index (κ1) is 24.2. The van der Waals surface area contributed by atoms with Crippen molar-refractivity contribution in [2.45, 2.75) is 25.4 Å². The molecule has 0 spiro atoms. The van der Waals surface area contributed by atoms with E-state index in [4.69, 9.17) is 16.3 Å². The van der Waals surface area contributed by atoms with Gasteiger partial charge in [-0.05, 0) is 47.5 Å². The number of nitrogens with zero attached hydrogens (tertiary/aromatic N) is 1. The quantitative estimate of drug-likeness (QED) is 0.324. The summed E-state index contributed by atoms with van der Waals surface area (Å²) >= 11 is 5.97. The number of aliphatic hydroxyl groups excluding tert-OH is 1. The maximum atomic E-state index is 13.8. The molecule has 0 aromatic heterocycles. The fourth-order valence-corrected chi connectivity index (χ4v) is 4.48. The number of benzene rings is 3. The molecule has 0 unspecified atom stereocenters. The third-order valence-electron chi connectivity index (χ3n) is 6.24. The Hall–Kier alpha value is -3.95. The highest BCUT2D eigenvalue weighted by Gasteiger charge is 2.52. The molecule has 2 atom stereocenters. The van der Waals surface area contributed by atoms with Crippen LogP contribution in [0.5, 0.6) is 0 Å². The smallest absolute Gasteiger partial charge is 0.337 e. The lowest BCUT2D eigenvalue weighted by molar-refractivity contribution is -0.141. The van der Waals surface area contributed by atoms with E-state index in [-0.39, 0.29) is 36.3 Å². The third kappa shape index (κ3) is 4.96. The van der Waals surface area contributed by atoms with Crippen LogP contribution < -0.4 is 0 Å². The SMILES string of the molecule is N#C[C@@]1(C(=O)c2ccc(Cl)cc2)CC(C(=O)OCc2ccccc2)=C(O)C[C@H]1c1ccc(F)cc1. The van der Waals surface area contributed by atoms with E-state index in [1.165, 1.54) is 48.5 Å². The van der Waals surface area contributed by atoms with Crippen LogP contribution in [0.1, 0.15) is 40.2 Å². The van der Waals surface area contributed by atoms with E-state index in [2.05, 4.69) is 6.07 Å². The van der Waals surface area contributed by atoms with Crippen molar-refractivity contribution in [1.82, 2.24) is 0 Å². The van der Waals surface area contributed by atoms with Gasteiger partial charge in [-0.1, -0.05) is 54.1 Å². The molecule has 0 amide bonds. The predicted octanol–water partition coefficient (Wildman–Crippen LogP) is 6.30. The number of carbonyl (C=O) groups is 2. The number of halogens is 2. The number of ketones is 1. The van der Waals surface area contributed by atoms with Gasteiger partial charge in [-0.3, -0.25) is 4.79 Å². The molecule has 3 aromatic carbocycles.